The van der Waals surface area contributed by atoms with E-state index in [1.807, 2.05) is 41.7 Å². The van der Waals surface area contributed by atoms with Crippen molar-refractivity contribution in [3.05, 3.63) is 53.3 Å². The second-order valence-electron chi connectivity index (χ2n) is 4.97. The molecule has 2 aromatic rings. The summed E-state index contributed by atoms with van der Waals surface area (Å²) in [6, 6.07) is 11.1. The Balaban J connectivity index is 1.65. The molecule has 23 heavy (non-hydrogen) atoms. The van der Waals surface area contributed by atoms with Gasteiger partial charge in [0, 0.05) is 11.9 Å². The molecule has 1 saturated heterocycles. The van der Waals surface area contributed by atoms with Crippen LogP contribution in [0.5, 0.6) is 0 Å². The highest BCUT2D eigenvalue weighted by molar-refractivity contribution is 8.16. The third-order valence-corrected chi connectivity index (χ3v) is 6.57. The van der Waals surface area contributed by atoms with Crippen molar-refractivity contribution in [2.45, 2.75) is 11.0 Å². The molecule has 0 aliphatic carbocycles. The number of benzene rings is 1. The number of aromatic nitrogens is 1. The molecule has 1 fully saturated rings. The Labute approximate surface area is 148 Å². The van der Waals surface area contributed by atoms with Crippen LogP contribution in [0.3, 0.4) is 0 Å². The standard InChI is InChI=1S/C16H16ClN3OS2/c17-14-13(6-2-7-18-14)20-16(21)19-12-5-1-4-11(10-12)15-22-8-3-9-23-15/h1-2,4-7,10,15H,3,8-9H2,(H2,19,20,21). The minimum absolute atomic E-state index is 0.270. The van der Waals surface area contributed by atoms with Crippen LogP contribution in [0.15, 0.2) is 42.6 Å². The molecular formula is C16H16ClN3OS2. The first-order valence-electron chi connectivity index (χ1n) is 7.24. The fraction of sp³-hybridized carbons (Fsp3) is 0.250. The van der Waals surface area contributed by atoms with Crippen LogP contribution >= 0.6 is 35.1 Å². The average Bonchev–Trinajstić information content (AvgIpc) is 2.58. The number of pyridine rings is 1. The van der Waals surface area contributed by atoms with Crippen molar-refractivity contribution in [3.63, 3.8) is 0 Å². The molecule has 1 aliphatic rings. The van der Waals surface area contributed by atoms with E-state index in [0.717, 1.165) is 5.69 Å². The zero-order chi connectivity index (χ0) is 16.1. The summed E-state index contributed by atoms with van der Waals surface area (Å²) in [5, 5.41) is 5.81. The zero-order valence-electron chi connectivity index (χ0n) is 12.3. The van der Waals surface area contributed by atoms with Gasteiger partial charge in [0.2, 0.25) is 0 Å². The molecule has 0 radical (unpaired) electrons. The van der Waals surface area contributed by atoms with Crippen LogP contribution in [-0.2, 0) is 0 Å². The monoisotopic (exact) mass is 365 g/mol. The Hall–Kier alpha value is -1.37. The summed E-state index contributed by atoms with van der Waals surface area (Å²) in [4.78, 5) is 16.0. The van der Waals surface area contributed by atoms with Gasteiger partial charge in [0.25, 0.3) is 0 Å². The molecule has 4 nitrogen and oxygen atoms in total. The van der Waals surface area contributed by atoms with Crippen LogP contribution in [0.25, 0.3) is 0 Å². The average molecular weight is 366 g/mol. The van der Waals surface area contributed by atoms with E-state index in [2.05, 4.69) is 21.7 Å². The van der Waals surface area contributed by atoms with Gasteiger partial charge in [-0.1, -0.05) is 23.7 Å². The third-order valence-electron chi connectivity index (χ3n) is 3.25. The van der Waals surface area contributed by atoms with Crippen molar-refractivity contribution in [2.24, 2.45) is 0 Å². The van der Waals surface area contributed by atoms with E-state index in [4.69, 9.17) is 11.6 Å². The Morgan fingerprint density at radius 1 is 1.17 bits per heavy atom. The molecular weight excluding hydrogens is 350 g/mol. The highest BCUT2D eigenvalue weighted by Gasteiger charge is 2.17. The van der Waals surface area contributed by atoms with E-state index in [-0.39, 0.29) is 11.2 Å². The fourth-order valence-electron chi connectivity index (χ4n) is 2.21. The zero-order valence-corrected chi connectivity index (χ0v) is 14.7. The fourth-order valence-corrected chi connectivity index (χ4v) is 5.25. The molecule has 0 unspecified atom stereocenters. The molecule has 0 saturated carbocycles. The molecule has 2 amide bonds. The van der Waals surface area contributed by atoms with Crippen LogP contribution in [0.1, 0.15) is 16.6 Å². The summed E-state index contributed by atoms with van der Waals surface area (Å²) in [5.41, 5.74) is 2.49. The third kappa shape index (κ3) is 4.56. The molecule has 0 atom stereocenters. The summed E-state index contributed by atoms with van der Waals surface area (Å²) in [6.45, 7) is 0. The Bertz CT molecular complexity index is 693. The Morgan fingerprint density at radius 3 is 2.78 bits per heavy atom. The van der Waals surface area contributed by atoms with Crippen LogP contribution in [0.2, 0.25) is 5.15 Å². The van der Waals surface area contributed by atoms with Gasteiger partial charge in [0.1, 0.15) is 0 Å². The number of hydrogen-bond donors (Lipinski definition) is 2. The van der Waals surface area contributed by atoms with Gasteiger partial charge < -0.3 is 10.6 Å². The molecule has 2 heterocycles. The van der Waals surface area contributed by atoms with Gasteiger partial charge in [0.15, 0.2) is 5.15 Å². The molecule has 3 rings (SSSR count). The molecule has 120 valence electrons. The van der Waals surface area contributed by atoms with Gasteiger partial charge in [-0.05, 0) is 47.8 Å². The Kier molecular flexibility index (Phi) is 5.70. The van der Waals surface area contributed by atoms with Gasteiger partial charge >= 0.3 is 6.03 Å². The summed E-state index contributed by atoms with van der Waals surface area (Å²) in [6.07, 6.45) is 2.84. The van der Waals surface area contributed by atoms with Crippen molar-refractivity contribution in [2.75, 3.05) is 22.1 Å². The van der Waals surface area contributed by atoms with Gasteiger partial charge in [-0.15, -0.1) is 23.5 Å². The number of anilines is 2. The molecule has 7 heteroatoms. The lowest BCUT2D eigenvalue weighted by Crippen LogP contribution is -2.19. The van der Waals surface area contributed by atoms with Gasteiger partial charge in [-0.3, -0.25) is 0 Å². The number of carbonyl (C=O) groups is 1. The highest BCUT2D eigenvalue weighted by Crippen LogP contribution is 2.44. The first kappa shape index (κ1) is 16.5. The van der Waals surface area contributed by atoms with E-state index >= 15 is 0 Å². The summed E-state index contributed by atoms with van der Waals surface area (Å²) in [5.74, 6) is 2.38. The summed E-state index contributed by atoms with van der Waals surface area (Å²) < 4.78 is 0.446. The second kappa shape index (κ2) is 7.95. The first-order chi connectivity index (χ1) is 11.2. The smallest absolute Gasteiger partial charge is 0.308 e. The van der Waals surface area contributed by atoms with Crippen molar-refractivity contribution >= 4 is 52.5 Å². The van der Waals surface area contributed by atoms with Gasteiger partial charge in [-0.2, -0.15) is 0 Å². The lowest BCUT2D eigenvalue weighted by molar-refractivity contribution is 0.262. The number of nitrogens with one attached hydrogen (secondary N) is 2. The summed E-state index contributed by atoms with van der Waals surface area (Å²) in [7, 11) is 0. The predicted octanol–water partition coefficient (Wildman–Crippen LogP) is 5.25. The minimum atomic E-state index is -0.332. The van der Waals surface area contributed by atoms with Crippen molar-refractivity contribution in [3.8, 4) is 0 Å². The maximum absolute atomic E-state index is 12.1. The molecule has 2 N–H and O–H groups in total. The van der Waals surface area contributed by atoms with Gasteiger partial charge in [-0.25, -0.2) is 9.78 Å². The molecule has 1 aliphatic heterocycles. The number of halogens is 1. The van der Waals surface area contributed by atoms with Gasteiger partial charge in [0.05, 0.1) is 10.3 Å². The van der Waals surface area contributed by atoms with Crippen LogP contribution in [0.4, 0.5) is 16.2 Å². The second-order valence-corrected chi connectivity index (χ2v) is 8.06. The van der Waals surface area contributed by atoms with Crippen molar-refractivity contribution in [1.29, 1.82) is 0 Å². The number of carbonyl (C=O) groups excluding carboxylic acids is 1. The quantitative estimate of drug-likeness (QED) is 0.729. The number of nitrogens with zero attached hydrogens (tertiary/aromatic N) is 1. The lowest BCUT2D eigenvalue weighted by atomic mass is 10.2. The lowest BCUT2D eigenvalue weighted by Gasteiger charge is -2.21. The van der Waals surface area contributed by atoms with Crippen LogP contribution < -0.4 is 10.6 Å². The number of hydrogen-bond acceptors (Lipinski definition) is 4. The highest BCUT2D eigenvalue weighted by atomic mass is 35.5. The number of thioether (sulfide) groups is 2. The number of amides is 2. The van der Waals surface area contributed by atoms with E-state index in [1.165, 1.54) is 23.5 Å². The summed E-state index contributed by atoms with van der Waals surface area (Å²) >= 11 is 9.85. The van der Waals surface area contributed by atoms with E-state index in [0.29, 0.717) is 10.3 Å². The SMILES string of the molecule is O=C(Nc1cccc(C2SCCCS2)c1)Nc1cccnc1Cl. The molecule has 1 aromatic carbocycles. The maximum atomic E-state index is 12.1. The van der Waals surface area contributed by atoms with E-state index in [1.54, 1.807) is 18.3 Å². The maximum Gasteiger partial charge on any atom is 0.323 e. The largest absolute Gasteiger partial charge is 0.323 e. The van der Waals surface area contributed by atoms with Crippen molar-refractivity contribution < 1.29 is 4.79 Å². The van der Waals surface area contributed by atoms with Crippen LogP contribution in [-0.4, -0.2) is 22.5 Å². The molecule has 1 aromatic heterocycles. The first-order valence-corrected chi connectivity index (χ1v) is 9.71. The number of rotatable bonds is 3. The predicted molar refractivity (Wildman–Crippen MR) is 101 cm³/mol. The van der Waals surface area contributed by atoms with Crippen molar-refractivity contribution in [1.82, 2.24) is 4.98 Å². The van der Waals surface area contributed by atoms with E-state index in [9.17, 15) is 4.79 Å². The molecule has 0 bridgehead atoms. The minimum Gasteiger partial charge on any atom is -0.308 e. The topological polar surface area (TPSA) is 54.0 Å². The normalized spacial score (nSPS) is 15.2. The number of urea groups is 1. The van der Waals surface area contributed by atoms with Crippen LogP contribution in [0, 0.1) is 0 Å². The Morgan fingerprint density at radius 2 is 2.00 bits per heavy atom. The van der Waals surface area contributed by atoms with E-state index < -0.39 is 0 Å². The molecule has 0 spiro atoms.